The van der Waals surface area contributed by atoms with E-state index in [1.807, 2.05) is 0 Å². The molecule has 0 saturated carbocycles. The van der Waals surface area contributed by atoms with Crippen LogP contribution in [0.4, 0.5) is 4.39 Å². The quantitative estimate of drug-likeness (QED) is 0.687. The molecule has 0 saturated heterocycles. The number of nitrogens with one attached hydrogen (secondary N) is 1. The molecule has 17 heavy (non-hydrogen) atoms. The Labute approximate surface area is 97.4 Å². The molecule has 0 fully saturated rings. The van der Waals surface area contributed by atoms with Crippen LogP contribution >= 0.6 is 0 Å². The SMILES string of the molecule is NC(CC(=O)NCc1cccc(F)c1)C(=O)O. The smallest absolute Gasteiger partial charge is 0.321 e. The van der Waals surface area contributed by atoms with E-state index in [-0.39, 0.29) is 18.8 Å². The second-order valence-electron chi connectivity index (χ2n) is 3.56. The van der Waals surface area contributed by atoms with Gasteiger partial charge in [0.25, 0.3) is 0 Å². The van der Waals surface area contributed by atoms with Crippen molar-refractivity contribution in [2.75, 3.05) is 0 Å². The first kappa shape index (κ1) is 13.1. The molecule has 1 unspecified atom stereocenters. The molecule has 0 aromatic heterocycles. The van der Waals surface area contributed by atoms with Gasteiger partial charge < -0.3 is 16.2 Å². The zero-order chi connectivity index (χ0) is 12.8. The summed E-state index contributed by atoms with van der Waals surface area (Å²) >= 11 is 0. The zero-order valence-electron chi connectivity index (χ0n) is 9.02. The van der Waals surface area contributed by atoms with E-state index in [2.05, 4.69) is 5.32 Å². The number of benzene rings is 1. The Bertz CT molecular complexity index is 423. The van der Waals surface area contributed by atoms with Crippen LogP contribution in [0, 0.1) is 5.82 Å². The van der Waals surface area contributed by atoms with Crippen LogP contribution in [0.1, 0.15) is 12.0 Å². The highest BCUT2D eigenvalue weighted by atomic mass is 19.1. The van der Waals surface area contributed by atoms with Gasteiger partial charge in [-0.1, -0.05) is 12.1 Å². The van der Waals surface area contributed by atoms with Gasteiger partial charge in [0.15, 0.2) is 0 Å². The lowest BCUT2D eigenvalue weighted by Crippen LogP contribution is -2.36. The highest BCUT2D eigenvalue weighted by Gasteiger charge is 2.15. The number of rotatable bonds is 5. The maximum atomic E-state index is 12.8. The van der Waals surface area contributed by atoms with E-state index in [0.29, 0.717) is 5.56 Å². The molecule has 1 amide bonds. The Kier molecular flexibility index (Phi) is 4.59. The second kappa shape index (κ2) is 5.95. The van der Waals surface area contributed by atoms with E-state index < -0.39 is 17.9 Å². The number of aliphatic carboxylic acids is 1. The molecule has 0 heterocycles. The first-order valence-corrected chi connectivity index (χ1v) is 4.98. The van der Waals surface area contributed by atoms with E-state index >= 15 is 0 Å². The average molecular weight is 240 g/mol. The van der Waals surface area contributed by atoms with Crippen molar-refractivity contribution in [3.05, 3.63) is 35.6 Å². The summed E-state index contributed by atoms with van der Waals surface area (Å²) in [6, 6.07) is 4.55. The number of hydrogen-bond acceptors (Lipinski definition) is 3. The van der Waals surface area contributed by atoms with Crippen LogP contribution < -0.4 is 11.1 Å². The Hall–Kier alpha value is -1.95. The fraction of sp³-hybridized carbons (Fsp3) is 0.273. The van der Waals surface area contributed by atoms with Crippen molar-refractivity contribution in [1.82, 2.24) is 5.32 Å². The molecule has 6 heteroatoms. The Morgan fingerprint density at radius 3 is 2.76 bits per heavy atom. The van der Waals surface area contributed by atoms with E-state index in [0.717, 1.165) is 0 Å². The van der Waals surface area contributed by atoms with Crippen LogP contribution in [0.15, 0.2) is 24.3 Å². The molecule has 0 aliphatic rings. The minimum Gasteiger partial charge on any atom is -0.480 e. The Morgan fingerprint density at radius 1 is 1.47 bits per heavy atom. The summed E-state index contributed by atoms with van der Waals surface area (Å²) in [5.41, 5.74) is 5.79. The van der Waals surface area contributed by atoms with Crippen LogP contribution in [0.3, 0.4) is 0 Å². The maximum absolute atomic E-state index is 12.8. The van der Waals surface area contributed by atoms with Gasteiger partial charge in [-0.3, -0.25) is 9.59 Å². The third kappa shape index (κ3) is 4.60. The van der Waals surface area contributed by atoms with Crippen LogP contribution in [-0.4, -0.2) is 23.0 Å². The van der Waals surface area contributed by atoms with Crippen LogP contribution in [0.5, 0.6) is 0 Å². The monoisotopic (exact) mass is 240 g/mol. The van der Waals surface area contributed by atoms with Gasteiger partial charge in [0.2, 0.25) is 5.91 Å². The van der Waals surface area contributed by atoms with Gasteiger partial charge >= 0.3 is 5.97 Å². The van der Waals surface area contributed by atoms with Crippen molar-refractivity contribution < 1.29 is 19.1 Å². The van der Waals surface area contributed by atoms with E-state index in [1.54, 1.807) is 6.07 Å². The molecular formula is C11H13FN2O3. The predicted octanol–water partition coefficient (Wildman–Crippen LogP) is 0.244. The molecule has 5 nitrogen and oxygen atoms in total. The normalized spacial score (nSPS) is 11.9. The van der Waals surface area contributed by atoms with Gasteiger partial charge in [0.1, 0.15) is 11.9 Å². The van der Waals surface area contributed by atoms with Crippen molar-refractivity contribution in [3.63, 3.8) is 0 Å². The molecule has 0 aliphatic heterocycles. The molecule has 1 aromatic carbocycles. The summed E-state index contributed by atoms with van der Waals surface area (Å²) in [4.78, 5) is 21.7. The van der Waals surface area contributed by atoms with Crippen molar-refractivity contribution in [2.45, 2.75) is 19.0 Å². The van der Waals surface area contributed by atoms with Crippen LogP contribution in [-0.2, 0) is 16.1 Å². The lowest BCUT2D eigenvalue weighted by Gasteiger charge is -2.07. The predicted molar refractivity (Wildman–Crippen MR) is 58.5 cm³/mol. The summed E-state index contributed by atoms with van der Waals surface area (Å²) in [6.07, 6.45) is -0.301. The van der Waals surface area contributed by atoms with E-state index in [9.17, 15) is 14.0 Å². The number of amides is 1. The van der Waals surface area contributed by atoms with Crippen molar-refractivity contribution in [1.29, 1.82) is 0 Å². The standard InChI is InChI=1S/C11H13FN2O3/c12-8-3-1-2-7(4-8)6-14-10(15)5-9(13)11(16)17/h1-4,9H,5-6,13H2,(H,14,15)(H,16,17). The number of hydrogen-bond donors (Lipinski definition) is 3. The highest BCUT2D eigenvalue weighted by molar-refractivity contribution is 5.84. The highest BCUT2D eigenvalue weighted by Crippen LogP contribution is 2.03. The summed E-state index contributed by atoms with van der Waals surface area (Å²) in [7, 11) is 0. The van der Waals surface area contributed by atoms with Gasteiger partial charge in [-0.15, -0.1) is 0 Å². The molecule has 0 radical (unpaired) electrons. The third-order valence-electron chi connectivity index (χ3n) is 2.10. The number of carbonyl (C=O) groups excluding carboxylic acids is 1. The van der Waals surface area contributed by atoms with Crippen molar-refractivity contribution in [2.24, 2.45) is 5.73 Å². The van der Waals surface area contributed by atoms with Crippen molar-refractivity contribution >= 4 is 11.9 Å². The van der Waals surface area contributed by atoms with Gasteiger partial charge in [-0.2, -0.15) is 0 Å². The van der Waals surface area contributed by atoms with E-state index in [1.165, 1.54) is 18.2 Å². The number of carboxylic acids is 1. The molecular weight excluding hydrogens is 227 g/mol. The lowest BCUT2D eigenvalue weighted by atomic mass is 10.2. The topological polar surface area (TPSA) is 92.4 Å². The Balaban J connectivity index is 2.41. The molecule has 1 atom stereocenters. The molecule has 0 spiro atoms. The summed E-state index contributed by atoms with van der Waals surface area (Å²) in [5, 5.41) is 11.0. The number of nitrogens with two attached hydrogens (primary N) is 1. The fourth-order valence-electron chi connectivity index (χ4n) is 1.21. The van der Waals surface area contributed by atoms with Gasteiger partial charge in [-0.05, 0) is 17.7 Å². The van der Waals surface area contributed by atoms with Crippen LogP contribution in [0.25, 0.3) is 0 Å². The fourth-order valence-corrected chi connectivity index (χ4v) is 1.21. The maximum Gasteiger partial charge on any atom is 0.321 e. The Morgan fingerprint density at radius 2 is 2.18 bits per heavy atom. The molecule has 0 bridgehead atoms. The van der Waals surface area contributed by atoms with Gasteiger partial charge in [0.05, 0.1) is 6.42 Å². The first-order chi connectivity index (χ1) is 7.99. The average Bonchev–Trinajstić information content (AvgIpc) is 2.26. The minimum absolute atomic E-state index is 0.142. The summed E-state index contributed by atoms with van der Waals surface area (Å²) in [5.74, 6) is -2.10. The largest absolute Gasteiger partial charge is 0.480 e. The zero-order valence-corrected chi connectivity index (χ0v) is 9.02. The minimum atomic E-state index is -1.23. The second-order valence-corrected chi connectivity index (χ2v) is 3.56. The lowest BCUT2D eigenvalue weighted by molar-refractivity contribution is -0.140. The molecule has 92 valence electrons. The summed E-state index contributed by atoms with van der Waals surface area (Å²) in [6.45, 7) is 0.142. The molecule has 4 N–H and O–H groups in total. The first-order valence-electron chi connectivity index (χ1n) is 4.98. The van der Waals surface area contributed by atoms with Gasteiger partial charge in [-0.25, -0.2) is 4.39 Å². The molecule has 0 aliphatic carbocycles. The van der Waals surface area contributed by atoms with E-state index in [4.69, 9.17) is 10.8 Å². The van der Waals surface area contributed by atoms with Crippen LogP contribution in [0.2, 0.25) is 0 Å². The summed E-state index contributed by atoms with van der Waals surface area (Å²) < 4.78 is 12.8. The molecule has 1 rings (SSSR count). The number of carboxylic acid groups (broad SMARTS) is 1. The third-order valence-corrected chi connectivity index (χ3v) is 2.10. The number of carbonyl (C=O) groups is 2. The molecule has 1 aromatic rings. The van der Waals surface area contributed by atoms with Crippen molar-refractivity contribution in [3.8, 4) is 0 Å². The van der Waals surface area contributed by atoms with Gasteiger partial charge in [0, 0.05) is 6.54 Å². The number of halogens is 1.